The van der Waals surface area contributed by atoms with Crippen LogP contribution < -0.4 is 14.8 Å². The van der Waals surface area contributed by atoms with E-state index in [2.05, 4.69) is 5.32 Å². The maximum Gasteiger partial charge on any atom is 0.161 e. The fraction of sp³-hybridized carbons (Fsp3) is 0.600. The second-order valence-corrected chi connectivity index (χ2v) is 5.01. The number of methoxy groups -OCH3 is 1. The molecule has 0 bridgehead atoms. The molecular formula is C15H23NO3. The van der Waals surface area contributed by atoms with E-state index in [0.717, 1.165) is 12.3 Å². The number of nitrogens with one attached hydrogen (secondary N) is 1. The van der Waals surface area contributed by atoms with Crippen molar-refractivity contribution in [1.29, 1.82) is 0 Å². The number of aliphatic hydroxyl groups is 1. The van der Waals surface area contributed by atoms with Crippen LogP contribution in [-0.4, -0.2) is 31.0 Å². The summed E-state index contributed by atoms with van der Waals surface area (Å²) in [6, 6.07) is 6.63. The third-order valence-corrected chi connectivity index (χ3v) is 3.30. The Labute approximate surface area is 114 Å². The molecule has 0 radical (unpaired) electrons. The summed E-state index contributed by atoms with van der Waals surface area (Å²) in [5.74, 6) is 1.41. The maximum atomic E-state index is 9.51. The highest BCUT2D eigenvalue weighted by atomic mass is 16.5. The Kier molecular flexibility index (Phi) is 5.05. The van der Waals surface area contributed by atoms with Gasteiger partial charge in [-0.05, 0) is 37.0 Å². The monoisotopic (exact) mass is 265 g/mol. The first-order valence-electron chi connectivity index (χ1n) is 6.94. The van der Waals surface area contributed by atoms with Gasteiger partial charge in [-0.15, -0.1) is 0 Å². The largest absolute Gasteiger partial charge is 0.493 e. The van der Waals surface area contributed by atoms with Gasteiger partial charge in [-0.25, -0.2) is 0 Å². The van der Waals surface area contributed by atoms with E-state index in [9.17, 15) is 5.11 Å². The van der Waals surface area contributed by atoms with Crippen LogP contribution in [0.3, 0.4) is 0 Å². The van der Waals surface area contributed by atoms with Crippen LogP contribution in [0.1, 0.15) is 31.7 Å². The van der Waals surface area contributed by atoms with E-state index in [1.54, 1.807) is 7.11 Å². The number of benzene rings is 1. The van der Waals surface area contributed by atoms with Crippen molar-refractivity contribution in [2.24, 2.45) is 0 Å². The molecule has 1 aromatic carbocycles. The number of aliphatic hydroxyl groups excluding tert-OH is 1. The zero-order valence-corrected chi connectivity index (χ0v) is 11.7. The minimum Gasteiger partial charge on any atom is -0.493 e. The Bertz CT molecular complexity index is 404. The molecule has 0 saturated heterocycles. The predicted octanol–water partition coefficient (Wildman–Crippen LogP) is 2.10. The number of rotatable bonds is 8. The molecule has 1 atom stereocenters. The Morgan fingerprint density at radius 2 is 2.16 bits per heavy atom. The molecule has 2 rings (SSSR count). The van der Waals surface area contributed by atoms with Gasteiger partial charge in [0.1, 0.15) is 6.61 Å². The third kappa shape index (κ3) is 4.40. The topological polar surface area (TPSA) is 50.7 Å². The van der Waals surface area contributed by atoms with Crippen molar-refractivity contribution in [2.45, 2.75) is 44.9 Å². The number of hydrogen-bond acceptors (Lipinski definition) is 4. The van der Waals surface area contributed by atoms with Crippen molar-refractivity contribution in [1.82, 2.24) is 5.32 Å². The molecule has 1 saturated carbocycles. The van der Waals surface area contributed by atoms with Crippen molar-refractivity contribution in [3.8, 4) is 11.5 Å². The third-order valence-electron chi connectivity index (χ3n) is 3.30. The average Bonchev–Trinajstić information content (AvgIpc) is 3.26. The predicted molar refractivity (Wildman–Crippen MR) is 74.6 cm³/mol. The number of ether oxygens (including phenoxy) is 2. The molecule has 1 aromatic rings. The normalized spacial score (nSPS) is 16.2. The molecule has 1 unspecified atom stereocenters. The van der Waals surface area contributed by atoms with Gasteiger partial charge in [0.25, 0.3) is 0 Å². The van der Waals surface area contributed by atoms with E-state index < -0.39 is 6.10 Å². The molecule has 1 fully saturated rings. The summed E-state index contributed by atoms with van der Waals surface area (Å²) in [6.45, 7) is 3.09. The van der Waals surface area contributed by atoms with Crippen molar-refractivity contribution < 1.29 is 14.6 Å². The van der Waals surface area contributed by atoms with Crippen molar-refractivity contribution in [3.63, 3.8) is 0 Å². The maximum absolute atomic E-state index is 9.51. The fourth-order valence-corrected chi connectivity index (χ4v) is 1.79. The van der Waals surface area contributed by atoms with Crippen LogP contribution in [0.25, 0.3) is 0 Å². The Morgan fingerprint density at radius 3 is 2.79 bits per heavy atom. The lowest BCUT2D eigenvalue weighted by Gasteiger charge is -2.14. The van der Waals surface area contributed by atoms with E-state index in [-0.39, 0.29) is 0 Å². The lowest BCUT2D eigenvalue weighted by molar-refractivity contribution is 0.102. The van der Waals surface area contributed by atoms with Crippen LogP contribution in [0.15, 0.2) is 18.2 Å². The van der Waals surface area contributed by atoms with E-state index in [0.29, 0.717) is 24.8 Å². The van der Waals surface area contributed by atoms with Gasteiger partial charge in [0.05, 0.1) is 13.2 Å². The summed E-state index contributed by atoms with van der Waals surface area (Å²) in [7, 11) is 1.64. The molecule has 0 heterocycles. The Morgan fingerprint density at radius 1 is 1.37 bits per heavy atom. The highest BCUT2D eigenvalue weighted by Gasteiger charge is 2.20. The van der Waals surface area contributed by atoms with Gasteiger partial charge in [0.2, 0.25) is 0 Å². The summed E-state index contributed by atoms with van der Waals surface area (Å²) >= 11 is 0. The van der Waals surface area contributed by atoms with Gasteiger partial charge >= 0.3 is 0 Å². The average molecular weight is 265 g/mol. The molecule has 106 valence electrons. The summed E-state index contributed by atoms with van der Waals surface area (Å²) in [6.07, 6.45) is 2.83. The fourth-order valence-electron chi connectivity index (χ4n) is 1.79. The van der Waals surface area contributed by atoms with Gasteiger partial charge in [0, 0.05) is 12.6 Å². The standard InChI is InChI=1S/C15H23NO3/c1-3-13(17)10-19-14-7-4-11(8-15(14)18-2)9-16-12-5-6-12/h4,7-8,12-13,16-17H,3,5-6,9-10H2,1-2H3. The quantitative estimate of drug-likeness (QED) is 0.756. The van der Waals surface area contributed by atoms with E-state index in [4.69, 9.17) is 9.47 Å². The van der Waals surface area contributed by atoms with E-state index in [1.807, 2.05) is 25.1 Å². The first-order chi connectivity index (χ1) is 9.22. The molecule has 0 aliphatic heterocycles. The Hall–Kier alpha value is -1.26. The van der Waals surface area contributed by atoms with Crippen LogP contribution >= 0.6 is 0 Å². The van der Waals surface area contributed by atoms with Crippen LogP contribution in [0.4, 0.5) is 0 Å². The smallest absolute Gasteiger partial charge is 0.161 e. The first-order valence-corrected chi connectivity index (χ1v) is 6.94. The molecule has 1 aliphatic rings. The molecule has 0 amide bonds. The van der Waals surface area contributed by atoms with E-state index >= 15 is 0 Å². The van der Waals surface area contributed by atoms with Crippen molar-refractivity contribution in [2.75, 3.05) is 13.7 Å². The van der Waals surface area contributed by atoms with E-state index in [1.165, 1.54) is 18.4 Å². The SMILES string of the molecule is CCC(O)COc1ccc(CNC2CC2)cc1OC. The zero-order chi connectivity index (χ0) is 13.7. The van der Waals surface area contributed by atoms with Gasteiger partial charge < -0.3 is 19.9 Å². The zero-order valence-electron chi connectivity index (χ0n) is 11.7. The molecule has 1 aliphatic carbocycles. The molecule has 4 heteroatoms. The van der Waals surface area contributed by atoms with Gasteiger partial charge in [-0.2, -0.15) is 0 Å². The molecule has 4 nitrogen and oxygen atoms in total. The minimum absolute atomic E-state index is 0.298. The van der Waals surface area contributed by atoms with Gasteiger partial charge in [-0.3, -0.25) is 0 Å². The second kappa shape index (κ2) is 6.78. The van der Waals surface area contributed by atoms with Crippen LogP contribution in [0.2, 0.25) is 0 Å². The molecule has 0 spiro atoms. The van der Waals surface area contributed by atoms with Crippen molar-refractivity contribution >= 4 is 0 Å². The highest BCUT2D eigenvalue weighted by Crippen LogP contribution is 2.28. The first kappa shape index (κ1) is 14.2. The molecule has 2 N–H and O–H groups in total. The summed E-state index contributed by atoms with van der Waals surface area (Å²) < 4.78 is 10.9. The van der Waals surface area contributed by atoms with Crippen LogP contribution in [0.5, 0.6) is 11.5 Å². The molecular weight excluding hydrogens is 242 g/mol. The highest BCUT2D eigenvalue weighted by molar-refractivity contribution is 5.43. The lowest BCUT2D eigenvalue weighted by Crippen LogP contribution is -2.17. The number of hydrogen-bond donors (Lipinski definition) is 2. The van der Waals surface area contributed by atoms with Crippen LogP contribution in [0, 0.1) is 0 Å². The van der Waals surface area contributed by atoms with Crippen molar-refractivity contribution in [3.05, 3.63) is 23.8 Å². The summed E-state index contributed by atoms with van der Waals surface area (Å²) in [5.41, 5.74) is 1.19. The summed E-state index contributed by atoms with van der Waals surface area (Å²) in [5, 5.41) is 13.0. The molecule has 0 aromatic heterocycles. The second-order valence-electron chi connectivity index (χ2n) is 5.01. The lowest BCUT2D eigenvalue weighted by atomic mass is 10.2. The minimum atomic E-state index is -0.430. The Balaban J connectivity index is 1.94. The summed E-state index contributed by atoms with van der Waals surface area (Å²) in [4.78, 5) is 0. The molecule has 19 heavy (non-hydrogen) atoms. The van der Waals surface area contributed by atoms with Crippen LogP contribution in [-0.2, 0) is 6.54 Å². The van der Waals surface area contributed by atoms with Gasteiger partial charge in [0.15, 0.2) is 11.5 Å². The van der Waals surface area contributed by atoms with Gasteiger partial charge in [-0.1, -0.05) is 13.0 Å².